The van der Waals surface area contributed by atoms with E-state index in [9.17, 15) is 14.4 Å². The highest BCUT2D eigenvalue weighted by atomic mass is 19.1. The number of anilines is 2. The molecule has 1 amide bonds. The maximum absolute atomic E-state index is 14.8. The summed E-state index contributed by atoms with van der Waals surface area (Å²) >= 11 is 0. The molecule has 0 radical (unpaired) electrons. The number of halogens is 1. The molecule has 0 bridgehead atoms. The van der Waals surface area contributed by atoms with Crippen LogP contribution in [-0.2, 0) is 9.53 Å². The Hall–Kier alpha value is -3.67. The van der Waals surface area contributed by atoms with Crippen LogP contribution >= 0.6 is 0 Å². The molecule has 2 N–H and O–H groups in total. The summed E-state index contributed by atoms with van der Waals surface area (Å²) in [5.74, 6) is -0.616. The number of rotatable bonds is 5. The quantitative estimate of drug-likeness (QED) is 0.582. The molecule has 0 unspecified atom stereocenters. The monoisotopic (exact) mass is 543 g/mol. The minimum absolute atomic E-state index is 0.00233. The highest BCUT2D eigenvalue weighted by molar-refractivity contribution is 5.99. The van der Waals surface area contributed by atoms with Gasteiger partial charge >= 0.3 is 0 Å². The van der Waals surface area contributed by atoms with Gasteiger partial charge in [0.2, 0.25) is 0 Å². The van der Waals surface area contributed by atoms with E-state index in [1.807, 2.05) is 23.1 Å². The third-order valence-corrected chi connectivity index (χ3v) is 8.21. The van der Waals surface area contributed by atoms with Crippen molar-refractivity contribution in [2.45, 2.75) is 50.7 Å². The summed E-state index contributed by atoms with van der Waals surface area (Å²) in [6.07, 6.45) is 9.61. The molecule has 1 atom stereocenters. The Labute approximate surface area is 236 Å². The van der Waals surface area contributed by atoms with Crippen LogP contribution in [0.3, 0.4) is 0 Å². The summed E-state index contributed by atoms with van der Waals surface area (Å²) < 4.78 is 20.4. The molecule has 3 aliphatic heterocycles. The van der Waals surface area contributed by atoms with Crippen molar-refractivity contribution in [1.29, 1.82) is 5.26 Å². The highest BCUT2D eigenvalue weighted by Gasteiger charge is 2.26. The fraction of sp³-hybridized carbons (Fsp3) is 0.438. The zero-order valence-corrected chi connectivity index (χ0v) is 23.2. The number of hydrogen-bond donors (Lipinski definition) is 1. The molecule has 5 rings (SSSR count). The first kappa shape index (κ1) is 27.9. The van der Waals surface area contributed by atoms with E-state index in [1.165, 1.54) is 12.1 Å². The second-order valence-electron chi connectivity index (χ2n) is 10.9. The lowest BCUT2D eigenvalue weighted by Gasteiger charge is -2.34. The molecule has 2 aromatic carbocycles. The summed E-state index contributed by atoms with van der Waals surface area (Å²) in [7, 11) is 1.78. The van der Waals surface area contributed by atoms with E-state index in [4.69, 9.17) is 10.5 Å². The van der Waals surface area contributed by atoms with E-state index in [1.54, 1.807) is 13.2 Å². The molecular weight excluding hydrogens is 505 g/mol. The average Bonchev–Trinajstić information content (AvgIpc) is 2.97. The van der Waals surface area contributed by atoms with Crippen molar-refractivity contribution in [2.24, 2.45) is 5.73 Å². The number of carbonyl (C=O) groups is 1. The van der Waals surface area contributed by atoms with Crippen molar-refractivity contribution in [1.82, 2.24) is 4.90 Å². The molecule has 3 heterocycles. The summed E-state index contributed by atoms with van der Waals surface area (Å²) in [6, 6.07) is 15.0. The van der Waals surface area contributed by atoms with Gasteiger partial charge in [0.1, 0.15) is 11.9 Å². The molecule has 7 nitrogen and oxygen atoms in total. The van der Waals surface area contributed by atoms with Crippen LogP contribution in [0.5, 0.6) is 0 Å². The summed E-state index contributed by atoms with van der Waals surface area (Å²) in [6.45, 7) is 3.84. The van der Waals surface area contributed by atoms with Crippen molar-refractivity contribution < 1.29 is 13.9 Å². The second kappa shape index (κ2) is 12.7. The van der Waals surface area contributed by atoms with Crippen molar-refractivity contribution in [2.75, 3.05) is 49.6 Å². The average molecular weight is 544 g/mol. The van der Waals surface area contributed by atoms with Gasteiger partial charge in [-0.15, -0.1) is 0 Å². The number of hydrogen-bond acceptors (Lipinski definition) is 6. The van der Waals surface area contributed by atoms with Gasteiger partial charge < -0.3 is 25.2 Å². The smallest absolute Gasteiger partial charge is 0.253 e. The summed E-state index contributed by atoms with van der Waals surface area (Å²) in [4.78, 5) is 20.0. The topological polar surface area (TPSA) is 85.8 Å². The fourth-order valence-corrected chi connectivity index (χ4v) is 5.90. The van der Waals surface area contributed by atoms with Crippen LogP contribution in [-0.4, -0.2) is 62.8 Å². The van der Waals surface area contributed by atoms with E-state index in [-0.39, 0.29) is 17.5 Å². The SMILES string of the molecule is COC1CCN(c2ccc(N3CCC/C=C(\C(=O)N4CCC[C@@H](N)C4)C=C3c3ccc(C#N)c(F)c3)cc2)CC1. The Balaban J connectivity index is 1.48. The first-order valence-corrected chi connectivity index (χ1v) is 14.3. The number of nitrogens with two attached hydrogens (primary N) is 1. The molecule has 0 saturated carbocycles. The number of ether oxygens (including phenoxy) is 1. The summed E-state index contributed by atoms with van der Waals surface area (Å²) in [5.41, 5.74) is 10.3. The number of piperidine rings is 2. The van der Waals surface area contributed by atoms with E-state index in [0.717, 1.165) is 68.7 Å². The third kappa shape index (κ3) is 6.22. The molecule has 8 heteroatoms. The predicted molar refractivity (Wildman–Crippen MR) is 156 cm³/mol. The minimum Gasteiger partial charge on any atom is -0.381 e. The number of nitrogens with zero attached hydrogens (tertiary/aromatic N) is 4. The van der Waals surface area contributed by atoms with E-state index in [0.29, 0.717) is 36.9 Å². The van der Waals surface area contributed by atoms with Crippen LogP contribution in [0.2, 0.25) is 0 Å². The molecule has 2 aromatic rings. The number of amides is 1. The Bertz CT molecular complexity index is 1310. The summed E-state index contributed by atoms with van der Waals surface area (Å²) in [5, 5.41) is 9.28. The number of likely N-dealkylation sites (tertiary alicyclic amines) is 1. The van der Waals surface area contributed by atoms with Crippen LogP contribution in [0.1, 0.15) is 49.7 Å². The molecule has 2 saturated heterocycles. The van der Waals surface area contributed by atoms with Gasteiger partial charge in [0.15, 0.2) is 0 Å². The van der Waals surface area contributed by atoms with Crippen molar-refractivity contribution in [3.8, 4) is 6.07 Å². The fourth-order valence-electron chi connectivity index (χ4n) is 5.90. The third-order valence-electron chi connectivity index (χ3n) is 8.21. The largest absolute Gasteiger partial charge is 0.381 e. The first-order chi connectivity index (χ1) is 19.5. The molecule has 3 aliphatic rings. The van der Waals surface area contributed by atoms with Gasteiger partial charge in [0.05, 0.1) is 11.7 Å². The number of benzene rings is 2. The lowest BCUT2D eigenvalue weighted by Crippen LogP contribution is -2.46. The number of carbonyl (C=O) groups excluding carboxylic acids is 1. The maximum atomic E-state index is 14.8. The molecule has 0 aromatic heterocycles. The van der Waals surface area contributed by atoms with Gasteiger partial charge in [-0.1, -0.05) is 12.1 Å². The molecule has 40 heavy (non-hydrogen) atoms. The number of allylic oxidation sites excluding steroid dienone is 1. The Kier molecular flexibility index (Phi) is 8.83. The minimum atomic E-state index is -0.573. The molecular formula is C32H38FN5O2. The standard InChI is InChI=1S/C32H38FN5O2/c1-40-29-13-17-36(18-14-29)27-9-11-28(12-10-27)38-16-3-2-5-24(32(39)37-15-4-6-26(35)22-37)20-31(38)23-7-8-25(21-34)30(33)19-23/h5,7-12,19-20,26,29H,2-4,6,13-18,22,35H2,1H3/b24-5-,31-20?/t26-/m1/s1. The number of nitriles is 1. The van der Waals surface area contributed by atoms with Crippen molar-refractivity contribution >= 4 is 23.0 Å². The van der Waals surface area contributed by atoms with E-state index in [2.05, 4.69) is 34.1 Å². The highest BCUT2D eigenvalue weighted by Crippen LogP contribution is 2.33. The Morgan fingerprint density at radius 3 is 2.45 bits per heavy atom. The van der Waals surface area contributed by atoms with Gasteiger partial charge in [0, 0.05) is 74.1 Å². The van der Waals surface area contributed by atoms with Crippen LogP contribution in [0.15, 0.2) is 60.2 Å². The number of methoxy groups -OCH3 is 1. The molecule has 2 fully saturated rings. The van der Waals surface area contributed by atoms with Gasteiger partial charge in [-0.3, -0.25) is 4.79 Å². The predicted octanol–water partition coefficient (Wildman–Crippen LogP) is 4.83. The van der Waals surface area contributed by atoms with Crippen LogP contribution in [0.25, 0.3) is 5.70 Å². The lowest BCUT2D eigenvalue weighted by atomic mass is 9.99. The van der Waals surface area contributed by atoms with E-state index < -0.39 is 5.82 Å². The Morgan fingerprint density at radius 2 is 1.77 bits per heavy atom. The second-order valence-corrected chi connectivity index (χ2v) is 10.9. The maximum Gasteiger partial charge on any atom is 0.253 e. The van der Waals surface area contributed by atoms with Crippen molar-refractivity contribution in [3.63, 3.8) is 0 Å². The van der Waals surface area contributed by atoms with E-state index >= 15 is 0 Å². The van der Waals surface area contributed by atoms with Crippen LogP contribution < -0.4 is 15.5 Å². The van der Waals surface area contributed by atoms with Gasteiger partial charge in [0.25, 0.3) is 5.91 Å². The van der Waals surface area contributed by atoms with Crippen LogP contribution in [0.4, 0.5) is 15.8 Å². The van der Waals surface area contributed by atoms with Gasteiger partial charge in [-0.2, -0.15) is 5.26 Å². The zero-order chi connectivity index (χ0) is 28.1. The molecule has 0 spiro atoms. The zero-order valence-electron chi connectivity index (χ0n) is 23.2. The van der Waals surface area contributed by atoms with Crippen LogP contribution in [0, 0.1) is 17.1 Å². The lowest BCUT2D eigenvalue weighted by molar-refractivity contribution is -0.127. The Morgan fingerprint density at radius 1 is 1.02 bits per heavy atom. The van der Waals surface area contributed by atoms with Gasteiger partial charge in [-0.05, 0) is 81.0 Å². The van der Waals surface area contributed by atoms with Gasteiger partial charge in [-0.25, -0.2) is 4.39 Å². The van der Waals surface area contributed by atoms with Crippen molar-refractivity contribution in [3.05, 3.63) is 77.1 Å². The molecule has 210 valence electrons. The molecule has 0 aliphatic carbocycles. The first-order valence-electron chi connectivity index (χ1n) is 14.3. The normalized spacial score (nSPS) is 22.1.